The number of aryl methyl sites for hydroxylation is 1. The molecule has 5 nitrogen and oxygen atoms in total. The summed E-state index contributed by atoms with van der Waals surface area (Å²) in [6, 6.07) is 1.80. The first-order valence-electron chi connectivity index (χ1n) is 4.88. The summed E-state index contributed by atoms with van der Waals surface area (Å²) in [7, 11) is 0. The van der Waals surface area contributed by atoms with Crippen LogP contribution < -0.4 is 16.8 Å². The minimum atomic E-state index is 0.00357. The van der Waals surface area contributed by atoms with E-state index in [9.17, 15) is 4.79 Å². The van der Waals surface area contributed by atoms with Crippen molar-refractivity contribution in [2.24, 2.45) is 5.84 Å². The molecule has 2 heterocycles. The second-order valence-electron chi connectivity index (χ2n) is 3.55. The van der Waals surface area contributed by atoms with Crippen LogP contribution in [0.3, 0.4) is 0 Å². The predicted octanol–water partition coefficient (Wildman–Crippen LogP) is 1.71. The first kappa shape index (κ1) is 12.3. The molecule has 2 aromatic rings. The summed E-state index contributed by atoms with van der Waals surface area (Å²) < 4.78 is 2.53. The van der Waals surface area contributed by atoms with E-state index in [1.54, 1.807) is 30.0 Å². The van der Waals surface area contributed by atoms with Gasteiger partial charge in [-0.3, -0.25) is 10.2 Å². The number of hydrogen-bond acceptors (Lipinski definition) is 5. The van der Waals surface area contributed by atoms with Gasteiger partial charge in [0.2, 0.25) is 0 Å². The first-order valence-corrected chi connectivity index (χ1v) is 6.49. The van der Waals surface area contributed by atoms with Gasteiger partial charge >= 0.3 is 0 Å². The zero-order chi connectivity index (χ0) is 12.4. The number of nitrogen functional groups attached to an aromatic ring is 1. The molecule has 0 saturated carbocycles. The van der Waals surface area contributed by atoms with E-state index in [1.807, 2.05) is 0 Å². The maximum absolute atomic E-state index is 11.9. The lowest BCUT2D eigenvalue weighted by Crippen LogP contribution is -2.21. The van der Waals surface area contributed by atoms with Crippen LogP contribution in [0.1, 0.15) is 10.4 Å². The van der Waals surface area contributed by atoms with Crippen molar-refractivity contribution in [3.05, 3.63) is 43.7 Å². The zero-order valence-electron chi connectivity index (χ0n) is 9.11. The summed E-state index contributed by atoms with van der Waals surface area (Å²) in [5, 5.41) is 0.639. The van der Waals surface area contributed by atoms with E-state index in [2.05, 4.69) is 26.3 Å². The van der Waals surface area contributed by atoms with Gasteiger partial charge < -0.3 is 4.57 Å². The van der Waals surface area contributed by atoms with Gasteiger partial charge in [-0.1, -0.05) is 11.3 Å². The van der Waals surface area contributed by atoms with Crippen LogP contribution in [0.5, 0.6) is 0 Å². The maximum atomic E-state index is 11.9. The summed E-state index contributed by atoms with van der Waals surface area (Å²) in [5.74, 6) is 5.26. The van der Waals surface area contributed by atoms with Gasteiger partial charge in [0, 0.05) is 27.3 Å². The van der Waals surface area contributed by atoms with Crippen molar-refractivity contribution in [3.63, 3.8) is 0 Å². The van der Waals surface area contributed by atoms with Crippen molar-refractivity contribution in [2.75, 3.05) is 5.43 Å². The topological polar surface area (TPSA) is 72.9 Å². The largest absolute Gasteiger partial charge is 0.309 e. The van der Waals surface area contributed by atoms with Crippen LogP contribution in [0.15, 0.2) is 27.7 Å². The summed E-state index contributed by atoms with van der Waals surface area (Å²) in [6.45, 7) is 2.29. The lowest BCUT2D eigenvalue weighted by atomic mass is 10.3. The lowest BCUT2D eigenvalue weighted by Gasteiger charge is -2.05. The molecule has 0 aliphatic carbocycles. The Kier molecular flexibility index (Phi) is 3.60. The predicted molar refractivity (Wildman–Crippen MR) is 72.2 cm³/mol. The highest BCUT2D eigenvalue weighted by Crippen LogP contribution is 2.18. The molecule has 0 aliphatic rings. The van der Waals surface area contributed by atoms with Crippen molar-refractivity contribution < 1.29 is 0 Å². The smallest absolute Gasteiger partial charge is 0.253 e. The van der Waals surface area contributed by atoms with Crippen LogP contribution in [0.25, 0.3) is 0 Å². The Balaban J connectivity index is 2.32. The van der Waals surface area contributed by atoms with Crippen molar-refractivity contribution in [2.45, 2.75) is 13.5 Å². The van der Waals surface area contributed by atoms with Gasteiger partial charge in [0.1, 0.15) is 0 Å². The van der Waals surface area contributed by atoms with Gasteiger partial charge in [0.15, 0.2) is 5.13 Å². The minimum absolute atomic E-state index is 0.00357. The number of halogens is 1. The van der Waals surface area contributed by atoms with Crippen LogP contribution in [-0.2, 0) is 6.54 Å². The molecule has 17 heavy (non-hydrogen) atoms. The van der Waals surface area contributed by atoms with Gasteiger partial charge in [0.25, 0.3) is 5.56 Å². The van der Waals surface area contributed by atoms with E-state index < -0.39 is 0 Å². The van der Waals surface area contributed by atoms with Crippen molar-refractivity contribution in [1.82, 2.24) is 9.55 Å². The molecule has 0 unspecified atom stereocenters. The number of hydrogen-bond donors (Lipinski definition) is 2. The number of nitrogens with one attached hydrogen (secondary N) is 1. The molecule has 90 valence electrons. The van der Waals surface area contributed by atoms with Crippen LogP contribution in [0.2, 0.25) is 0 Å². The Hall–Kier alpha value is -1.18. The summed E-state index contributed by atoms with van der Waals surface area (Å²) in [6.07, 6.45) is 3.48. The van der Waals surface area contributed by atoms with E-state index in [1.165, 1.54) is 11.3 Å². The van der Waals surface area contributed by atoms with E-state index in [0.717, 1.165) is 9.35 Å². The molecular weight excluding hydrogens is 304 g/mol. The third-order valence-corrected chi connectivity index (χ3v) is 3.58. The highest BCUT2D eigenvalue weighted by Gasteiger charge is 2.05. The van der Waals surface area contributed by atoms with E-state index in [0.29, 0.717) is 17.2 Å². The Morgan fingerprint density at radius 1 is 1.65 bits per heavy atom. The summed E-state index contributed by atoms with van der Waals surface area (Å²) >= 11 is 4.80. The maximum Gasteiger partial charge on any atom is 0.253 e. The molecule has 0 bridgehead atoms. The number of thiazole rings is 1. The average Bonchev–Trinajstić information content (AvgIpc) is 2.73. The summed E-state index contributed by atoms with van der Waals surface area (Å²) in [5.41, 5.74) is 3.19. The van der Waals surface area contributed by atoms with Crippen LogP contribution in [-0.4, -0.2) is 9.55 Å². The van der Waals surface area contributed by atoms with Gasteiger partial charge in [-0.05, 0) is 28.9 Å². The van der Waals surface area contributed by atoms with E-state index >= 15 is 0 Å². The molecule has 0 saturated heterocycles. The summed E-state index contributed by atoms with van der Waals surface area (Å²) in [4.78, 5) is 16.9. The minimum Gasteiger partial charge on any atom is -0.309 e. The molecule has 0 amide bonds. The standard InChI is InChI=1S/C10H11BrN4OS/c1-6-2-7(11)4-15(9(6)16)5-8-3-13-10(14-12)17-8/h2-4H,5,12H2,1H3,(H,13,14). The van der Waals surface area contributed by atoms with Crippen LogP contribution >= 0.6 is 27.3 Å². The molecule has 0 aromatic carbocycles. The van der Waals surface area contributed by atoms with Gasteiger partial charge in [-0.15, -0.1) is 0 Å². The molecule has 0 aliphatic heterocycles. The Labute approximate surface area is 110 Å². The SMILES string of the molecule is Cc1cc(Br)cn(Cc2cnc(NN)s2)c1=O. The molecule has 3 N–H and O–H groups in total. The molecule has 7 heteroatoms. The Bertz CT molecular complexity index is 592. The molecular formula is C10H11BrN4OS. The van der Waals surface area contributed by atoms with Gasteiger partial charge in [-0.2, -0.15) is 0 Å². The fourth-order valence-electron chi connectivity index (χ4n) is 1.47. The monoisotopic (exact) mass is 314 g/mol. The number of nitrogens with two attached hydrogens (primary N) is 1. The molecule has 0 radical (unpaired) electrons. The molecule has 0 atom stereocenters. The van der Waals surface area contributed by atoms with Crippen molar-refractivity contribution >= 4 is 32.4 Å². The Morgan fingerprint density at radius 3 is 3.06 bits per heavy atom. The second-order valence-corrected chi connectivity index (χ2v) is 5.58. The quantitative estimate of drug-likeness (QED) is 0.668. The van der Waals surface area contributed by atoms with Gasteiger partial charge in [-0.25, -0.2) is 10.8 Å². The van der Waals surface area contributed by atoms with Crippen LogP contribution in [0.4, 0.5) is 5.13 Å². The number of aromatic nitrogens is 2. The zero-order valence-corrected chi connectivity index (χ0v) is 11.5. The highest BCUT2D eigenvalue weighted by atomic mass is 79.9. The van der Waals surface area contributed by atoms with Crippen molar-refractivity contribution in [1.29, 1.82) is 0 Å². The molecule has 2 aromatic heterocycles. The number of anilines is 1. The van der Waals surface area contributed by atoms with Gasteiger partial charge in [0.05, 0.1) is 6.54 Å². The Morgan fingerprint density at radius 2 is 2.41 bits per heavy atom. The third kappa shape index (κ3) is 2.74. The van der Waals surface area contributed by atoms with E-state index in [4.69, 9.17) is 5.84 Å². The van der Waals surface area contributed by atoms with E-state index in [-0.39, 0.29) is 5.56 Å². The molecule has 2 rings (SSSR count). The molecule has 0 spiro atoms. The third-order valence-electron chi connectivity index (χ3n) is 2.23. The number of rotatable bonds is 3. The average molecular weight is 315 g/mol. The lowest BCUT2D eigenvalue weighted by molar-refractivity contribution is 0.757. The molecule has 0 fully saturated rings. The fraction of sp³-hybridized carbons (Fsp3) is 0.200. The highest BCUT2D eigenvalue weighted by molar-refractivity contribution is 9.10. The fourth-order valence-corrected chi connectivity index (χ4v) is 2.78. The normalized spacial score (nSPS) is 10.5. The number of hydrazine groups is 1. The second kappa shape index (κ2) is 4.99. The van der Waals surface area contributed by atoms with Crippen LogP contribution in [0, 0.1) is 6.92 Å². The number of nitrogens with zero attached hydrogens (tertiary/aromatic N) is 2. The first-order chi connectivity index (χ1) is 8.10. The van der Waals surface area contributed by atoms with Crippen molar-refractivity contribution in [3.8, 4) is 0 Å². The number of pyridine rings is 1.